The molecule has 1 amide bonds. The number of rotatable bonds is 4. The fourth-order valence-corrected chi connectivity index (χ4v) is 3.33. The smallest absolute Gasteiger partial charge is 0.255 e. The fourth-order valence-electron chi connectivity index (χ4n) is 3.33. The number of hydrogen-bond acceptors (Lipinski definition) is 4. The predicted molar refractivity (Wildman–Crippen MR) is 114 cm³/mol. The molecule has 0 saturated heterocycles. The molecule has 4 aromatic rings. The van der Waals surface area contributed by atoms with Gasteiger partial charge >= 0.3 is 0 Å². The molecule has 0 aliphatic heterocycles. The zero-order chi connectivity index (χ0) is 20.5. The standard InChI is InChI=1S/C23H22N4O2/c1-14-9-15(2)11-18(10-14)23(28)25-19-12-17(6-5-16(19)3)20-13-27-21(24-20)7-8-22(26-27)29-4/h5-13H,1-4H3,(H,25,28). The number of amides is 1. The van der Waals surface area contributed by atoms with E-state index in [9.17, 15) is 4.79 Å². The van der Waals surface area contributed by atoms with E-state index in [2.05, 4.69) is 21.5 Å². The molecule has 2 heterocycles. The van der Waals surface area contributed by atoms with E-state index in [4.69, 9.17) is 4.74 Å². The molecule has 0 unspecified atom stereocenters. The molecule has 29 heavy (non-hydrogen) atoms. The summed E-state index contributed by atoms with van der Waals surface area (Å²) in [5.41, 5.74) is 6.91. The Hall–Kier alpha value is -3.67. The highest BCUT2D eigenvalue weighted by atomic mass is 16.5. The van der Waals surface area contributed by atoms with Gasteiger partial charge in [-0.25, -0.2) is 9.50 Å². The van der Waals surface area contributed by atoms with Gasteiger partial charge in [0, 0.05) is 22.9 Å². The summed E-state index contributed by atoms with van der Waals surface area (Å²) >= 11 is 0. The molecule has 4 rings (SSSR count). The van der Waals surface area contributed by atoms with E-state index in [1.165, 1.54) is 0 Å². The molecule has 1 N–H and O–H groups in total. The van der Waals surface area contributed by atoms with Gasteiger partial charge in [0.25, 0.3) is 5.91 Å². The van der Waals surface area contributed by atoms with Gasteiger partial charge in [0.05, 0.1) is 19.0 Å². The molecule has 2 aromatic heterocycles. The van der Waals surface area contributed by atoms with Crippen molar-refractivity contribution in [2.24, 2.45) is 0 Å². The Bertz CT molecular complexity index is 1210. The zero-order valence-electron chi connectivity index (χ0n) is 16.9. The van der Waals surface area contributed by atoms with Gasteiger partial charge in [-0.3, -0.25) is 4.79 Å². The first kappa shape index (κ1) is 18.7. The molecule has 6 nitrogen and oxygen atoms in total. The average molecular weight is 386 g/mol. The van der Waals surface area contributed by atoms with Crippen molar-refractivity contribution in [2.45, 2.75) is 20.8 Å². The van der Waals surface area contributed by atoms with Gasteiger partial charge in [-0.05, 0) is 50.6 Å². The highest BCUT2D eigenvalue weighted by Crippen LogP contribution is 2.26. The lowest BCUT2D eigenvalue weighted by Gasteiger charge is -2.11. The highest BCUT2D eigenvalue weighted by Gasteiger charge is 2.12. The first-order valence-corrected chi connectivity index (χ1v) is 9.34. The lowest BCUT2D eigenvalue weighted by atomic mass is 10.1. The summed E-state index contributed by atoms with van der Waals surface area (Å²) in [7, 11) is 1.58. The van der Waals surface area contributed by atoms with Crippen molar-refractivity contribution < 1.29 is 9.53 Å². The van der Waals surface area contributed by atoms with Crippen LogP contribution in [0.4, 0.5) is 5.69 Å². The fraction of sp³-hybridized carbons (Fsp3) is 0.174. The SMILES string of the molecule is COc1ccc2nc(-c3ccc(C)c(NC(=O)c4cc(C)cc(C)c4)c3)cn2n1. The van der Waals surface area contributed by atoms with Crippen LogP contribution in [0.15, 0.2) is 54.7 Å². The van der Waals surface area contributed by atoms with Crippen LogP contribution in [0.25, 0.3) is 16.9 Å². The van der Waals surface area contributed by atoms with E-state index in [-0.39, 0.29) is 5.91 Å². The number of benzene rings is 2. The molecule has 0 saturated carbocycles. The van der Waals surface area contributed by atoms with Crippen molar-refractivity contribution >= 4 is 17.2 Å². The minimum absolute atomic E-state index is 0.126. The lowest BCUT2D eigenvalue weighted by Crippen LogP contribution is -2.13. The van der Waals surface area contributed by atoms with Gasteiger partial charge in [0.2, 0.25) is 5.88 Å². The van der Waals surface area contributed by atoms with E-state index in [0.717, 1.165) is 39.3 Å². The number of nitrogens with zero attached hydrogens (tertiary/aromatic N) is 3. The summed E-state index contributed by atoms with van der Waals surface area (Å²) in [4.78, 5) is 17.4. The molecule has 2 aromatic carbocycles. The minimum atomic E-state index is -0.126. The predicted octanol–water partition coefficient (Wildman–Crippen LogP) is 4.58. The molecule has 0 radical (unpaired) electrons. The van der Waals surface area contributed by atoms with Crippen LogP contribution in [0.1, 0.15) is 27.0 Å². The Morgan fingerprint density at radius 1 is 1.00 bits per heavy atom. The van der Waals surface area contributed by atoms with Crippen LogP contribution in [0.3, 0.4) is 0 Å². The highest BCUT2D eigenvalue weighted by molar-refractivity contribution is 6.05. The van der Waals surface area contributed by atoms with E-state index < -0.39 is 0 Å². The molecular weight excluding hydrogens is 364 g/mol. The number of carbonyl (C=O) groups excluding carboxylic acids is 1. The molecule has 146 valence electrons. The molecule has 0 bridgehead atoms. The maximum absolute atomic E-state index is 12.8. The zero-order valence-corrected chi connectivity index (χ0v) is 16.9. The van der Waals surface area contributed by atoms with Crippen LogP contribution in [-0.4, -0.2) is 27.6 Å². The van der Waals surface area contributed by atoms with Crippen LogP contribution in [0.5, 0.6) is 5.88 Å². The number of carbonyl (C=O) groups is 1. The number of anilines is 1. The molecule has 6 heteroatoms. The van der Waals surface area contributed by atoms with Gasteiger partial charge in [0.15, 0.2) is 5.65 Å². The third kappa shape index (κ3) is 3.82. The van der Waals surface area contributed by atoms with Crippen molar-refractivity contribution in [3.05, 3.63) is 77.0 Å². The van der Waals surface area contributed by atoms with Crippen LogP contribution in [-0.2, 0) is 0 Å². The number of aryl methyl sites for hydroxylation is 3. The number of nitrogens with one attached hydrogen (secondary N) is 1. The molecule has 0 spiro atoms. The Morgan fingerprint density at radius 2 is 1.76 bits per heavy atom. The van der Waals surface area contributed by atoms with E-state index in [0.29, 0.717) is 11.4 Å². The maximum Gasteiger partial charge on any atom is 0.255 e. The first-order valence-electron chi connectivity index (χ1n) is 9.34. The van der Waals surface area contributed by atoms with Gasteiger partial charge in [0.1, 0.15) is 0 Å². The summed E-state index contributed by atoms with van der Waals surface area (Å²) in [5.74, 6) is 0.394. The van der Waals surface area contributed by atoms with Gasteiger partial charge in [-0.15, -0.1) is 5.10 Å². The topological polar surface area (TPSA) is 68.5 Å². The van der Waals surface area contributed by atoms with Gasteiger partial charge in [-0.1, -0.05) is 29.3 Å². The number of aromatic nitrogens is 3. The second kappa shape index (κ2) is 7.39. The quantitative estimate of drug-likeness (QED) is 0.557. The summed E-state index contributed by atoms with van der Waals surface area (Å²) in [5, 5.41) is 7.38. The summed E-state index contributed by atoms with van der Waals surface area (Å²) < 4.78 is 6.85. The first-order chi connectivity index (χ1) is 13.9. The van der Waals surface area contributed by atoms with Crippen molar-refractivity contribution in [1.29, 1.82) is 0 Å². The van der Waals surface area contributed by atoms with Crippen molar-refractivity contribution in [1.82, 2.24) is 14.6 Å². The lowest BCUT2D eigenvalue weighted by molar-refractivity contribution is 0.102. The monoisotopic (exact) mass is 386 g/mol. The van der Waals surface area contributed by atoms with Crippen LogP contribution >= 0.6 is 0 Å². The summed E-state index contributed by atoms with van der Waals surface area (Å²) in [6.45, 7) is 5.95. The van der Waals surface area contributed by atoms with Gasteiger partial charge in [-0.2, -0.15) is 0 Å². The third-order valence-corrected chi connectivity index (χ3v) is 4.77. The molecule has 0 atom stereocenters. The minimum Gasteiger partial charge on any atom is -0.480 e. The third-order valence-electron chi connectivity index (χ3n) is 4.77. The average Bonchev–Trinajstić information content (AvgIpc) is 3.12. The molecular formula is C23H22N4O2. The molecule has 0 aliphatic carbocycles. The summed E-state index contributed by atoms with van der Waals surface area (Å²) in [6.07, 6.45) is 1.85. The van der Waals surface area contributed by atoms with Crippen molar-refractivity contribution in [3.8, 4) is 17.1 Å². The number of fused-ring (bicyclic) bond motifs is 1. The Kier molecular flexibility index (Phi) is 4.76. The second-order valence-corrected chi connectivity index (χ2v) is 7.16. The molecule has 0 fully saturated rings. The Morgan fingerprint density at radius 3 is 2.48 bits per heavy atom. The van der Waals surface area contributed by atoms with Gasteiger partial charge < -0.3 is 10.1 Å². The van der Waals surface area contributed by atoms with Crippen LogP contribution < -0.4 is 10.1 Å². The van der Waals surface area contributed by atoms with Crippen LogP contribution in [0, 0.1) is 20.8 Å². The number of imidazole rings is 1. The largest absolute Gasteiger partial charge is 0.480 e. The molecule has 0 aliphatic rings. The van der Waals surface area contributed by atoms with Crippen molar-refractivity contribution in [2.75, 3.05) is 12.4 Å². The Labute approximate surface area is 169 Å². The summed E-state index contributed by atoms with van der Waals surface area (Å²) in [6, 6.07) is 15.4. The van der Waals surface area contributed by atoms with Crippen molar-refractivity contribution in [3.63, 3.8) is 0 Å². The normalized spacial score (nSPS) is 10.9. The number of methoxy groups -OCH3 is 1. The van der Waals surface area contributed by atoms with E-state index in [1.54, 1.807) is 17.7 Å². The Balaban J connectivity index is 1.66. The maximum atomic E-state index is 12.8. The number of ether oxygens (including phenoxy) is 1. The van der Waals surface area contributed by atoms with E-state index in [1.807, 2.05) is 63.4 Å². The second-order valence-electron chi connectivity index (χ2n) is 7.16. The van der Waals surface area contributed by atoms with Crippen LogP contribution in [0.2, 0.25) is 0 Å². The van der Waals surface area contributed by atoms with E-state index >= 15 is 0 Å². The number of hydrogen-bond donors (Lipinski definition) is 1.